The molecule has 0 bridgehead atoms. The molecule has 3 aromatic carbocycles. The minimum absolute atomic E-state index is 0.0627. The molecule has 0 saturated carbocycles. The molecule has 2 aromatic heterocycles. The maximum absolute atomic E-state index is 12.0. The summed E-state index contributed by atoms with van der Waals surface area (Å²) in [7, 11) is 5.03. The molecule has 0 spiro atoms. The summed E-state index contributed by atoms with van der Waals surface area (Å²) >= 11 is 0. The largest absolute Gasteiger partial charge is 0.497 e. The number of methoxy groups -OCH3 is 2. The third-order valence-electron chi connectivity index (χ3n) is 10.5. The van der Waals surface area contributed by atoms with Crippen molar-refractivity contribution >= 4 is 31.6 Å². The second-order valence-corrected chi connectivity index (χ2v) is 16.6. The van der Waals surface area contributed by atoms with Crippen molar-refractivity contribution in [3.63, 3.8) is 0 Å². The van der Waals surface area contributed by atoms with Crippen LogP contribution in [0.1, 0.15) is 69.9 Å². The molecule has 4 atom stereocenters. The Bertz CT molecular complexity index is 2110. The van der Waals surface area contributed by atoms with Crippen molar-refractivity contribution in [1.82, 2.24) is 19.1 Å². The molecule has 58 heavy (non-hydrogen) atoms. The number of fused-ring (bicyclic) bond motifs is 1. The van der Waals surface area contributed by atoms with Crippen molar-refractivity contribution in [3.8, 4) is 17.6 Å². The zero-order valence-electron chi connectivity index (χ0n) is 34.6. The Morgan fingerprint density at radius 2 is 1.59 bits per heavy atom. The molecule has 5 aromatic rings. The molecule has 6 rings (SSSR count). The van der Waals surface area contributed by atoms with Crippen molar-refractivity contribution in [2.24, 2.45) is 4.99 Å². The third kappa shape index (κ3) is 9.21. The van der Waals surface area contributed by atoms with Crippen molar-refractivity contribution in [2.45, 2.75) is 82.6 Å². The molecule has 0 aliphatic carbocycles. The fourth-order valence-corrected chi connectivity index (χ4v) is 9.28. The van der Waals surface area contributed by atoms with Crippen molar-refractivity contribution in [2.75, 3.05) is 34.9 Å². The third-order valence-corrected chi connectivity index (χ3v) is 12.4. The number of ether oxygens (including phenoxy) is 4. The monoisotopic (exact) mass is 806 g/mol. The summed E-state index contributed by atoms with van der Waals surface area (Å²) in [6, 6.07) is 32.0. The summed E-state index contributed by atoms with van der Waals surface area (Å²) in [4.78, 5) is 23.3. The van der Waals surface area contributed by atoms with Gasteiger partial charge < -0.3 is 37.8 Å². The van der Waals surface area contributed by atoms with Crippen molar-refractivity contribution in [3.05, 3.63) is 120 Å². The SMILES string of the molecule is COc1ccc(C(OC[C@H]2O[C@@H](n3ccc4c(N=CN(C)C)ccnc43)C[C@@H]2OP(O)N(C(C)C)C(C)(C)CCC#N)(c2ccccc2)c2ccc(OC)cc2)cc1. The van der Waals surface area contributed by atoms with Crippen LogP contribution in [0.4, 0.5) is 5.69 Å². The fraction of sp³-hybridized carbons (Fsp3) is 0.400. The van der Waals surface area contributed by atoms with Gasteiger partial charge in [-0.15, -0.1) is 0 Å². The van der Waals surface area contributed by atoms with Crippen LogP contribution in [-0.4, -0.2) is 89.1 Å². The first-order valence-electron chi connectivity index (χ1n) is 19.5. The van der Waals surface area contributed by atoms with Crippen molar-refractivity contribution in [1.29, 1.82) is 5.26 Å². The van der Waals surface area contributed by atoms with Gasteiger partial charge >= 0.3 is 0 Å². The Kier molecular flexibility index (Phi) is 13.9. The molecule has 306 valence electrons. The van der Waals surface area contributed by atoms with Gasteiger partial charge in [-0.3, -0.25) is 0 Å². The topological polar surface area (TPSA) is 127 Å². The highest BCUT2D eigenvalue weighted by Crippen LogP contribution is 2.50. The lowest BCUT2D eigenvalue weighted by Crippen LogP contribution is -2.45. The molecule has 1 saturated heterocycles. The Labute approximate surface area is 343 Å². The lowest BCUT2D eigenvalue weighted by Gasteiger charge is -2.43. The van der Waals surface area contributed by atoms with Crippen LogP contribution in [0.15, 0.2) is 108 Å². The summed E-state index contributed by atoms with van der Waals surface area (Å²) in [5.74, 6) is 1.45. The van der Waals surface area contributed by atoms with E-state index in [4.69, 9.17) is 28.5 Å². The van der Waals surface area contributed by atoms with Gasteiger partial charge in [0.15, 0.2) is 0 Å². The number of nitrogens with zero attached hydrogens (tertiary/aromatic N) is 6. The lowest BCUT2D eigenvalue weighted by molar-refractivity contribution is -0.0910. The molecule has 12 nitrogen and oxygen atoms in total. The minimum atomic E-state index is -2.12. The van der Waals surface area contributed by atoms with Crippen LogP contribution in [0.2, 0.25) is 0 Å². The standard InChI is InChI=1S/C45H55N6O6P/c1-32(2)51(44(3,4)25-12-26-46)58(52)57-40-29-42(50-28-24-38-39(48-31-49(5)6)23-27-47-43(38)50)56-41(40)30-55-45(33-13-10-9-11-14-33,34-15-19-36(53-7)20-16-34)35-17-21-37(54-8)22-18-35/h9-11,13-24,27-28,31-32,40-42,52H,12,25,29-30H2,1-8H3/t40-,41+,42+,58?/m0/s1. The predicted octanol–water partition coefficient (Wildman–Crippen LogP) is 8.97. The number of aliphatic imine (C=N–C) groups is 1. The number of pyridine rings is 1. The molecule has 1 aliphatic rings. The number of aromatic nitrogens is 2. The first-order chi connectivity index (χ1) is 27.9. The number of hydrogen-bond acceptors (Lipinski definition) is 10. The second-order valence-electron chi connectivity index (χ2n) is 15.5. The summed E-state index contributed by atoms with van der Waals surface area (Å²) in [5, 5.41) is 10.3. The Balaban J connectivity index is 1.42. The van der Waals surface area contributed by atoms with E-state index in [1.54, 1.807) is 26.8 Å². The number of nitriles is 1. The number of benzene rings is 3. The van der Waals surface area contributed by atoms with Crippen LogP contribution in [0.3, 0.4) is 0 Å². The van der Waals surface area contributed by atoms with Gasteiger partial charge in [0.2, 0.25) is 0 Å². The number of rotatable bonds is 18. The van der Waals surface area contributed by atoms with Crippen LogP contribution < -0.4 is 9.47 Å². The van der Waals surface area contributed by atoms with Crippen LogP contribution in [0.25, 0.3) is 11.0 Å². The molecule has 1 unspecified atom stereocenters. The summed E-state index contributed by atoms with van der Waals surface area (Å²) < 4.78 is 36.1. The molecule has 1 aliphatic heterocycles. The molecule has 1 N–H and O–H groups in total. The van der Waals surface area contributed by atoms with E-state index >= 15 is 0 Å². The van der Waals surface area contributed by atoms with Gasteiger partial charge in [0.05, 0.1) is 45.0 Å². The van der Waals surface area contributed by atoms with E-state index in [0.717, 1.165) is 44.9 Å². The maximum Gasteiger partial charge on any atom is 0.257 e. The quantitative estimate of drug-likeness (QED) is 0.0397. The normalized spacial score (nSPS) is 17.9. The average Bonchev–Trinajstić information content (AvgIpc) is 3.84. The van der Waals surface area contributed by atoms with Crippen LogP contribution in [0, 0.1) is 11.3 Å². The van der Waals surface area contributed by atoms with Gasteiger partial charge in [0.25, 0.3) is 8.53 Å². The average molecular weight is 807 g/mol. The predicted molar refractivity (Wildman–Crippen MR) is 228 cm³/mol. The van der Waals surface area contributed by atoms with E-state index in [9.17, 15) is 10.2 Å². The Morgan fingerprint density at radius 1 is 0.966 bits per heavy atom. The number of hydrogen-bond donors (Lipinski definition) is 1. The Hall–Kier alpha value is -4.86. The van der Waals surface area contributed by atoms with Gasteiger partial charge in [-0.2, -0.15) is 5.26 Å². The zero-order valence-corrected chi connectivity index (χ0v) is 35.5. The summed E-state index contributed by atoms with van der Waals surface area (Å²) in [6.07, 6.45) is 5.13. The van der Waals surface area contributed by atoms with E-state index in [1.165, 1.54) is 0 Å². The highest BCUT2D eigenvalue weighted by Gasteiger charge is 2.45. The molecule has 0 amide bonds. The van der Waals surface area contributed by atoms with Gasteiger partial charge in [-0.05, 0) is 87.2 Å². The van der Waals surface area contributed by atoms with Crippen molar-refractivity contribution < 1.29 is 28.4 Å². The van der Waals surface area contributed by atoms with E-state index in [1.807, 2.05) is 141 Å². The molecular weight excluding hydrogens is 752 g/mol. The first-order valence-corrected chi connectivity index (χ1v) is 20.7. The van der Waals surface area contributed by atoms with Gasteiger partial charge in [-0.25, -0.2) is 14.6 Å². The summed E-state index contributed by atoms with van der Waals surface area (Å²) in [5.41, 5.74) is 2.60. The van der Waals surface area contributed by atoms with Crippen LogP contribution in [0.5, 0.6) is 11.5 Å². The van der Waals surface area contributed by atoms with Gasteiger partial charge in [0.1, 0.15) is 35.1 Å². The maximum atomic E-state index is 12.0. The van der Waals surface area contributed by atoms with E-state index in [0.29, 0.717) is 19.3 Å². The zero-order chi connectivity index (χ0) is 41.5. The first kappa shape index (κ1) is 42.7. The molecular formula is C45H55N6O6P. The fourth-order valence-electron chi connectivity index (χ4n) is 7.76. The van der Waals surface area contributed by atoms with E-state index < -0.39 is 38.1 Å². The minimum Gasteiger partial charge on any atom is -0.497 e. The lowest BCUT2D eigenvalue weighted by atomic mass is 9.80. The summed E-state index contributed by atoms with van der Waals surface area (Å²) in [6.45, 7) is 8.24. The highest BCUT2D eigenvalue weighted by atomic mass is 31.2. The smallest absolute Gasteiger partial charge is 0.257 e. The molecule has 1 fully saturated rings. The second kappa shape index (κ2) is 18.8. The highest BCUT2D eigenvalue weighted by molar-refractivity contribution is 7.43. The van der Waals surface area contributed by atoms with Gasteiger partial charge in [-0.1, -0.05) is 54.6 Å². The van der Waals surface area contributed by atoms with Crippen LogP contribution >= 0.6 is 8.53 Å². The van der Waals surface area contributed by atoms with Gasteiger partial charge in [0, 0.05) is 56.3 Å². The van der Waals surface area contributed by atoms with Crippen LogP contribution in [-0.2, 0) is 19.6 Å². The van der Waals surface area contributed by atoms with E-state index in [-0.39, 0.29) is 12.6 Å². The molecule has 3 heterocycles. The van der Waals surface area contributed by atoms with E-state index in [2.05, 4.69) is 23.2 Å². The Morgan fingerprint density at radius 3 is 2.16 bits per heavy atom. The molecule has 13 heteroatoms. The molecule has 0 radical (unpaired) electrons.